The van der Waals surface area contributed by atoms with Crippen molar-refractivity contribution in [1.82, 2.24) is 9.47 Å². The van der Waals surface area contributed by atoms with Crippen molar-refractivity contribution in [3.63, 3.8) is 0 Å². The van der Waals surface area contributed by atoms with Crippen LogP contribution in [0, 0.1) is 11.8 Å². The van der Waals surface area contributed by atoms with Crippen LogP contribution >= 0.6 is 0 Å². The van der Waals surface area contributed by atoms with E-state index in [-0.39, 0.29) is 0 Å². The van der Waals surface area contributed by atoms with Gasteiger partial charge < -0.3 is 4.57 Å². The summed E-state index contributed by atoms with van der Waals surface area (Å²) in [5.41, 5.74) is 4.40. The molecule has 0 bridgehead atoms. The molecule has 2 heteroatoms. The average Bonchev–Trinajstić information content (AvgIpc) is 3.13. The predicted octanol–water partition coefficient (Wildman–Crippen LogP) is 3.95. The molecular formula is C21H22N2. The first-order valence-electron chi connectivity index (χ1n) is 8.70. The largest absolute Gasteiger partial charge is 0.344 e. The Balaban J connectivity index is 1.38. The van der Waals surface area contributed by atoms with Crippen LogP contribution in [0.2, 0.25) is 0 Å². The Labute approximate surface area is 137 Å². The lowest BCUT2D eigenvalue weighted by Crippen LogP contribution is -2.27. The van der Waals surface area contributed by atoms with Gasteiger partial charge in [0.15, 0.2) is 0 Å². The second-order valence-corrected chi connectivity index (χ2v) is 7.21. The maximum absolute atomic E-state index is 2.65. The molecule has 2 nitrogen and oxygen atoms in total. The van der Waals surface area contributed by atoms with Crippen molar-refractivity contribution in [2.24, 2.45) is 11.8 Å². The van der Waals surface area contributed by atoms with Gasteiger partial charge in [0, 0.05) is 37.4 Å². The van der Waals surface area contributed by atoms with E-state index in [9.17, 15) is 0 Å². The average molecular weight is 302 g/mol. The fourth-order valence-electron chi connectivity index (χ4n) is 4.60. The van der Waals surface area contributed by atoms with Gasteiger partial charge in [0.1, 0.15) is 0 Å². The smallest absolute Gasteiger partial charge is 0.0482 e. The topological polar surface area (TPSA) is 8.17 Å². The van der Waals surface area contributed by atoms with Crippen molar-refractivity contribution in [2.45, 2.75) is 19.5 Å². The lowest BCUT2D eigenvalue weighted by atomic mass is 9.88. The summed E-state index contributed by atoms with van der Waals surface area (Å²) in [6, 6.07) is 22.1. The molecule has 23 heavy (non-hydrogen) atoms. The fourth-order valence-corrected chi connectivity index (χ4v) is 4.60. The van der Waals surface area contributed by atoms with Gasteiger partial charge in [0.05, 0.1) is 0 Å². The number of benzene rings is 2. The molecule has 1 aromatic heterocycles. The van der Waals surface area contributed by atoms with Crippen LogP contribution < -0.4 is 0 Å². The van der Waals surface area contributed by atoms with Crippen molar-refractivity contribution in [3.8, 4) is 0 Å². The minimum Gasteiger partial charge on any atom is -0.344 e. The van der Waals surface area contributed by atoms with E-state index in [1.54, 1.807) is 0 Å². The molecule has 116 valence electrons. The molecule has 0 saturated carbocycles. The molecule has 1 saturated heterocycles. The van der Waals surface area contributed by atoms with Crippen LogP contribution in [0.15, 0.2) is 60.7 Å². The van der Waals surface area contributed by atoms with Crippen LogP contribution in [0.3, 0.4) is 0 Å². The van der Waals surface area contributed by atoms with E-state index in [2.05, 4.69) is 70.1 Å². The van der Waals surface area contributed by atoms with E-state index in [0.717, 1.165) is 18.4 Å². The van der Waals surface area contributed by atoms with Crippen LogP contribution in [-0.4, -0.2) is 22.6 Å². The van der Waals surface area contributed by atoms with E-state index in [0.29, 0.717) is 0 Å². The molecule has 5 rings (SSSR count). The monoisotopic (exact) mass is 302 g/mol. The minimum absolute atomic E-state index is 0.807. The van der Waals surface area contributed by atoms with E-state index >= 15 is 0 Å². The van der Waals surface area contributed by atoms with Gasteiger partial charge in [-0.3, -0.25) is 4.90 Å². The zero-order valence-electron chi connectivity index (χ0n) is 13.4. The summed E-state index contributed by atoms with van der Waals surface area (Å²) in [5, 5.41) is 1.41. The SMILES string of the molecule is c1ccc(CN2C[C@H]3Cc4cc5ccccc5n4C[C@@H]3C2)cc1. The second-order valence-electron chi connectivity index (χ2n) is 7.21. The third-order valence-corrected chi connectivity index (χ3v) is 5.69. The Morgan fingerprint density at radius 3 is 2.52 bits per heavy atom. The van der Waals surface area contributed by atoms with E-state index in [4.69, 9.17) is 0 Å². The Morgan fingerprint density at radius 2 is 1.61 bits per heavy atom. The summed E-state index contributed by atoms with van der Waals surface area (Å²) in [6.07, 6.45) is 1.24. The maximum Gasteiger partial charge on any atom is 0.0482 e. The summed E-state index contributed by atoms with van der Waals surface area (Å²) in [6.45, 7) is 4.79. The Kier molecular flexibility index (Phi) is 3.05. The third-order valence-electron chi connectivity index (χ3n) is 5.69. The normalized spacial score (nSPS) is 23.8. The molecule has 0 radical (unpaired) electrons. The third kappa shape index (κ3) is 2.29. The van der Waals surface area contributed by atoms with Crippen molar-refractivity contribution in [1.29, 1.82) is 0 Å². The molecule has 3 heterocycles. The summed E-state index contributed by atoms with van der Waals surface area (Å²) < 4.78 is 2.57. The van der Waals surface area contributed by atoms with Gasteiger partial charge in [-0.1, -0.05) is 48.5 Å². The summed E-state index contributed by atoms with van der Waals surface area (Å²) >= 11 is 0. The highest BCUT2D eigenvalue weighted by Gasteiger charge is 2.36. The second kappa shape index (κ2) is 5.24. The molecule has 0 unspecified atom stereocenters. The number of hydrogen-bond donors (Lipinski definition) is 0. The molecule has 0 N–H and O–H groups in total. The summed E-state index contributed by atoms with van der Waals surface area (Å²) in [4.78, 5) is 2.65. The van der Waals surface area contributed by atoms with Crippen molar-refractivity contribution in [2.75, 3.05) is 13.1 Å². The first-order chi connectivity index (χ1) is 11.4. The molecule has 2 aromatic carbocycles. The van der Waals surface area contributed by atoms with E-state index in [1.807, 2.05) is 0 Å². The van der Waals surface area contributed by atoms with Crippen LogP contribution in [0.4, 0.5) is 0 Å². The first-order valence-corrected chi connectivity index (χ1v) is 8.70. The molecule has 2 atom stereocenters. The first kappa shape index (κ1) is 13.4. The number of hydrogen-bond acceptors (Lipinski definition) is 1. The number of likely N-dealkylation sites (tertiary alicyclic amines) is 1. The zero-order valence-corrected chi connectivity index (χ0v) is 13.4. The van der Waals surface area contributed by atoms with Gasteiger partial charge >= 0.3 is 0 Å². The van der Waals surface area contributed by atoms with E-state index in [1.165, 1.54) is 48.2 Å². The van der Waals surface area contributed by atoms with Crippen LogP contribution in [0.25, 0.3) is 10.9 Å². The maximum atomic E-state index is 2.65. The molecular weight excluding hydrogens is 280 g/mol. The van der Waals surface area contributed by atoms with Gasteiger partial charge in [-0.2, -0.15) is 0 Å². The number of fused-ring (bicyclic) bond motifs is 4. The van der Waals surface area contributed by atoms with Gasteiger partial charge in [-0.25, -0.2) is 0 Å². The zero-order chi connectivity index (χ0) is 15.2. The highest BCUT2D eigenvalue weighted by Crippen LogP contribution is 2.36. The number of nitrogens with zero attached hydrogens (tertiary/aromatic N) is 2. The lowest BCUT2D eigenvalue weighted by Gasteiger charge is -2.27. The summed E-state index contributed by atoms with van der Waals surface area (Å²) in [7, 11) is 0. The lowest BCUT2D eigenvalue weighted by molar-refractivity contribution is 0.309. The van der Waals surface area contributed by atoms with Crippen LogP contribution in [-0.2, 0) is 19.5 Å². The Bertz CT molecular complexity index is 833. The minimum atomic E-state index is 0.807. The summed E-state index contributed by atoms with van der Waals surface area (Å²) in [5.74, 6) is 1.64. The molecule has 2 aliphatic heterocycles. The van der Waals surface area contributed by atoms with Crippen molar-refractivity contribution in [3.05, 3.63) is 71.9 Å². The molecule has 1 fully saturated rings. The Hall–Kier alpha value is -2.06. The van der Waals surface area contributed by atoms with Gasteiger partial charge in [-0.05, 0) is 41.3 Å². The fraction of sp³-hybridized carbons (Fsp3) is 0.333. The molecule has 0 amide bonds. The molecule has 2 aliphatic rings. The van der Waals surface area contributed by atoms with Gasteiger partial charge in [0.2, 0.25) is 0 Å². The van der Waals surface area contributed by atoms with Crippen LogP contribution in [0.1, 0.15) is 11.3 Å². The highest BCUT2D eigenvalue weighted by molar-refractivity contribution is 5.81. The number of aromatic nitrogens is 1. The van der Waals surface area contributed by atoms with Gasteiger partial charge in [-0.15, -0.1) is 0 Å². The quantitative estimate of drug-likeness (QED) is 0.696. The van der Waals surface area contributed by atoms with Gasteiger partial charge in [0.25, 0.3) is 0 Å². The van der Waals surface area contributed by atoms with Crippen molar-refractivity contribution >= 4 is 10.9 Å². The van der Waals surface area contributed by atoms with Crippen LogP contribution in [0.5, 0.6) is 0 Å². The predicted molar refractivity (Wildman–Crippen MR) is 94.3 cm³/mol. The number of rotatable bonds is 2. The molecule has 3 aromatic rings. The molecule has 0 spiro atoms. The number of para-hydroxylation sites is 1. The Morgan fingerprint density at radius 1 is 0.826 bits per heavy atom. The van der Waals surface area contributed by atoms with E-state index < -0.39 is 0 Å². The standard InChI is InChI=1S/C21H22N2/c1-2-6-16(7-3-1)12-22-13-18-11-20-10-17-8-4-5-9-21(17)23(20)15-19(18)14-22/h1-10,18-19H,11-15H2/t18-,19+/m1/s1. The highest BCUT2D eigenvalue weighted by atomic mass is 15.2. The van der Waals surface area contributed by atoms with Crippen molar-refractivity contribution < 1.29 is 0 Å². The molecule has 0 aliphatic carbocycles.